The molecule has 1 heteroatoms. The smallest absolute Gasteiger partial charge is 0.107 e. The Balaban J connectivity index is 0.000000379. The largest absolute Gasteiger partial charge is 0.469 e. The van der Waals surface area contributed by atoms with Crippen molar-refractivity contribution < 1.29 is 4.42 Å². The highest BCUT2D eigenvalue weighted by Gasteiger charge is 2.17. The maximum atomic E-state index is 5.33. The molecule has 82 valence electrons. The topological polar surface area (TPSA) is 13.1 Å². The molecule has 1 aliphatic carbocycles. The van der Waals surface area contributed by atoms with E-state index in [1.165, 1.54) is 24.2 Å². The molecular formula is C13H24O. The third-order valence-corrected chi connectivity index (χ3v) is 2.35. The zero-order valence-electron chi connectivity index (χ0n) is 10.3. The summed E-state index contributed by atoms with van der Waals surface area (Å²) in [5.74, 6) is 1.95. The molecule has 0 N–H and O–H groups in total. The van der Waals surface area contributed by atoms with Crippen LogP contribution in [0.25, 0.3) is 0 Å². The Morgan fingerprint density at radius 1 is 1.21 bits per heavy atom. The van der Waals surface area contributed by atoms with E-state index in [4.69, 9.17) is 4.42 Å². The van der Waals surface area contributed by atoms with Gasteiger partial charge in [-0.25, -0.2) is 0 Å². The van der Waals surface area contributed by atoms with Gasteiger partial charge in [-0.3, -0.25) is 0 Å². The first kappa shape index (κ1) is 13.3. The van der Waals surface area contributed by atoms with Crippen LogP contribution in [0.3, 0.4) is 0 Å². The molecule has 1 aliphatic rings. The fourth-order valence-corrected chi connectivity index (χ4v) is 1.72. The highest BCUT2D eigenvalue weighted by molar-refractivity contribution is 5.23. The molecule has 14 heavy (non-hydrogen) atoms. The average molecular weight is 196 g/mol. The minimum atomic E-state index is 0.725. The van der Waals surface area contributed by atoms with Crippen LogP contribution >= 0.6 is 0 Å². The van der Waals surface area contributed by atoms with Gasteiger partial charge in [0.05, 0.1) is 6.26 Å². The lowest BCUT2D eigenvalue weighted by molar-refractivity contribution is 0.459. The van der Waals surface area contributed by atoms with Crippen LogP contribution in [0.1, 0.15) is 64.7 Å². The molecule has 1 aromatic rings. The van der Waals surface area contributed by atoms with Crippen molar-refractivity contribution >= 4 is 0 Å². The van der Waals surface area contributed by atoms with Crippen molar-refractivity contribution in [3.8, 4) is 0 Å². The molecule has 0 aromatic carbocycles. The fraction of sp³-hybridized carbons (Fsp3) is 0.692. The first-order chi connectivity index (χ1) is 6.88. The van der Waals surface area contributed by atoms with E-state index in [2.05, 4.69) is 13.0 Å². The minimum Gasteiger partial charge on any atom is -0.469 e. The number of hydrogen-bond donors (Lipinski definition) is 0. The zero-order chi connectivity index (χ0) is 11.0. The van der Waals surface area contributed by atoms with Crippen molar-refractivity contribution in [2.24, 2.45) is 0 Å². The van der Waals surface area contributed by atoms with E-state index in [1.54, 1.807) is 0 Å². The van der Waals surface area contributed by atoms with Crippen LogP contribution in [0.5, 0.6) is 0 Å². The average Bonchev–Trinajstić information content (AvgIpc) is 2.73. The quantitative estimate of drug-likeness (QED) is 0.582. The molecule has 0 bridgehead atoms. The lowest BCUT2D eigenvalue weighted by atomic mass is 9.89. The third-order valence-electron chi connectivity index (χ3n) is 2.35. The number of furan rings is 1. The Hall–Kier alpha value is -0.720. The summed E-state index contributed by atoms with van der Waals surface area (Å²) in [6.07, 6.45) is 5.58. The van der Waals surface area contributed by atoms with E-state index >= 15 is 0 Å². The van der Waals surface area contributed by atoms with Gasteiger partial charge in [0, 0.05) is 6.42 Å². The maximum Gasteiger partial charge on any atom is 0.107 e. The Morgan fingerprint density at radius 3 is 2.43 bits per heavy atom. The Bertz CT molecular complexity index is 225. The molecule has 0 spiro atoms. The summed E-state index contributed by atoms with van der Waals surface area (Å²) in [6, 6.07) is 2.11. The monoisotopic (exact) mass is 196 g/mol. The summed E-state index contributed by atoms with van der Waals surface area (Å²) in [6.45, 7) is 10.3. The summed E-state index contributed by atoms with van der Waals surface area (Å²) < 4.78 is 5.33. The summed E-state index contributed by atoms with van der Waals surface area (Å²) in [5.41, 5.74) is 1.44. The van der Waals surface area contributed by atoms with E-state index in [1.807, 2.05) is 34.0 Å². The Labute approximate surface area is 88.5 Å². The predicted molar refractivity (Wildman–Crippen MR) is 62.8 cm³/mol. The standard InChI is InChI=1S/C9H12O.2C2H6/c1-7-3-2-4-9-8(7)5-6-10-9;2*1-2/h5-7H,2-4H2,1H3;2*1-2H3. The molecular weight excluding hydrogens is 172 g/mol. The van der Waals surface area contributed by atoms with Crippen LogP contribution in [-0.2, 0) is 6.42 Å². The van der Waals surface area contributed by atoms with Crippen LogP contribution in [0.15, 0.2) is 16.7 Å². The number of aryl methyl sites for hydroxylation is 1. The minimum absolute atomic E-state index is 0.725. The number of rotatable bonds is 0. The van der Waals surface area contributed by atoms with Crippen molar-refractivity contribution in [2.45, 2.75) is 59.8 Å². The van der Waals surface area contributed by atoms with Crippen molar-refractivity contribution in [1.82, 2.24) is 0 Å². The molecule has 0 radical (unpaired) electrons. The Kier molecular flexibility index (Phi) is 7.27. The molecule has 0 amide bonds. The van der Waals surface area contributed by atoms with E-state index in [9.17, 15) is 0 Å². The lowest BCUT2D eigenvalue weighted by Crippen LogP contribution is -2.03. The van der Waals surface area contributed by atoms with Crippen molar-refractivity contribution in [3.05, 3.63) is 23.7 Å². The highest BCUT2D eigenvalue weighted by Crippen LogP contribution is 2.31. The van der Waals surface area contributed by atoms with Gasteiger partial charge in [0.1, 0.15) is 5.76 Å². The van der Waals surface area contributed by atoms with Crippen molar-refractivity contribution in [2.75, 3.05) is 0 Å². The van der Waals surface area contributed by atoms with Crippen LogP contribution in [0.4, 0.5) is 0 Å². The van der Waals surface area contributed by atoms with Gasteiger partial charge in [0.25, 0.3) is 0 Å². The lowest BCUT2D eigenvalue weighted by Gasteiger charge is -2.16. The van der Waals surface area contributed by atoms with Gasteiger partial charge < -0.3 is 4.42 Å². The molecule has 1 heterocycles. The second kappa shape index (κ2) is 7.66. The molecule has 1 aromatic heterocycles. The van der Waals surface area contributed by atoms with E-state index in [-0.39, 0.29) is 0 Å². The van der Waals surface area contributed by atoms with Crippen molar-refractivity contribution in [3.63, 3.8) is 0 Å². The molecule has 0 fully saturated rings. The molecule has 0 aliphatic heterocycles. The SMILES string of the molecule is CC.CC.CC1CCCc2occc21. The van der Waals surface area contributed by atoms with Gasteiger partial charge in [-0.05, 0) is 30.4 Å². The van der Waals surface area contributed by atoms with Gasteiger partial charge in [-0.1, -0.05) is 34.6 Å². The first-order valence-electron chi connectivity index (χ1n) is 5.94. The molecule has 2 rings (SSSR count). The summed E-state index contributed by atoms with van der Waals surface area (Å²) >= 11 is 0. The fourth-order valence-electron chi connectivity index (χ4n) is 1.72. The van der Waals surface area contributed by atoms with E-state index in [0.29, 0.717) is 0 Å². The van der Waals surface area contributed by atoms with Gasteiger partial charge in [-0.15, -0.1) is 0 Å². The summed E-state index contributed by atoms with van der Waals surface area (Å²) in [7, 11) is 0. The Morgan fingerprint density at radius 2 is 1.86 bits per heavy atom. The first-order valence-corrected chi connectivity index (χ1v) is 5.94. The molecule has 0 saturated carbocycles. The van der Waals surface area contributed by atoms with Crippen molar-refractivity contribution in [1.29, 1.82) is 0 Å². The molecule has 1 nitrogen and oxygen atoms in total. The van der Waals surface area contributed by atoms with Gasteiger partial charge in [0.15, 0.2) is 0 Å². The van der Waals surface area contributed by atoms with Gasteiger partial charge in [0.2, 0.25) is 0 Å². The predicted octanol–water partition coefficient (Wildman–Crippen LogP) is 4.77. The normalized spacial score (nSPS) is 18.2. The van der Waals surface area contributed by atoms with Crippen LogP contribution in [0, 0.1) is 0 Å². The van der Waals surface area contributed by atoms with Crippen LogP contribution in [0.2, 0.25) is 0 Å². The molecule has 0 saturated heterocycles. The molecule has 1 atom stereocenters. The second-order valence-electron chi connectivity index (χ2n) is 3.09. The van der Waals surface area contributed by atoms with Crippen LogP contribution in [-0.4, -0.2) is 0 Å². The van der Waals surface area contributed by atoms with E-state index in [0.717, 1.165) is 12.3 Å². The molecule has 1 unspecified atom stereocenters. The number of hydrogen-bond acceptors (Lipinski definition) is 1. The zero-order valence-corrected chi connectivity index (χ0v) is 10.3. The highest BCUT2D eigenvalue weighted by atomic mass is 16.3. The van der Waals surface area contributed by atoms with E-state index < -0.39 is 0 Å². The van der Waals surface area contributed by atoms with Crippen LogP contribution < -0.4 is 0 Å². The second-order valence-corrected chi connectivity index (χ2v) is 3.09. The number of fused-ring (bicyclic) bond motifs is 1. The van der Waals surface area contributed by atoms with Gasteiger partial charge >= 0.3 is 0 Å². The maximum absolute atomic E-state index is 5.33. The van der Waals surface area contributed by atoms with Gasteiger partial charge in [-0.2, -0.15) is 0 Å². The summed E-state index contributed by atoms with van der Waals surface area (Å²) in [5, 5.41) is 0. The summed E-state index contributed by atoms with van der Waals surface area (Å²) in [4.78, 5) is 0. The third kappa shape index (κ3) is 3.21.